The lowest BCUT2D eigenvalue weighted by atomic mass is 9.97. The van der Waals surface area contributed by atoms with Gasteiger partial charge in [-0.1, -0.05) is 12.1 Å². The Morgan fingerprint density at radius 2 is 1.77 bits per heavy atom. The van der Waals surface area contributed by atoms with Gasteiger partial charge in [0.15, 0.2) is 0 Å². The molecule has 1 aromatic carbocycles. The van der Waals surface area contributed by atoms with Gasteiger partial charge in [-0.25, -0.2) is 12.7 Å². The van der Waals surface area contributed by atoms with E-state index in [-0.39, 0.29) is 29.2 Å². The average molecular weight is 450 g/mol. The molecule has 2 saturated heterocycles. The van der Waals surface area contributed by atoms with Crippen LogP contribution in [0, 0.1) is 5.92 Å². The van der Waals surface area contributed by atoms with Crippen molar-refractivity contribution in [2.24, 2.45) is 5.92 Å². The van der Waals surface area contributed by atoms with Crippen LogP contribution in [0.4, 0.5) is 5.69 Å². The number of para-hydroxylation sites is 1. The second-order valence-corrected chi connectivity index (χ2v) is 10.0. The molecule has 10 heteroatoms. The Kier molecular flexibility index (Phi) is 6.31. The average Bonchev–Trinajstić information content (AvgIpc) is 3.17. The highest BCUT2D eigenvalue weighted by molar-refractivity contribution is 7.89. The van der Waals surface area contributed by atoms with Crippen molar-refractivity contribution in [1.82, 2.24) is 9.21 Å². The minimum Gasteiger partial charge on any atom is -0.449 e. The number of benzene rings is 1. The summed E-state index contributed by atoms with van der Waals surface area (Å²) in [5.41, 5.74) is 0.902. The highest BCUT2D eigenvalue weighted by Gasteiger charge is 2.32. The largest absolute Gasteiger partial charge is 0.449 e. The van der Waals surface area contributed by atoms with Gasteiger partial charge in [0.05, 0.1) is 19.0 Å². The van der Waals surface area contributed by atoms with Crippen LogP contribution in [0.1, 0.15) is 30.3 Å². The molecule has 0 unspecified atom stereocenters. The van der Waals surface area contributed by atoms with E-state index in [0.717, 1.165) is 0 Å². The van der Waals surface area contributed by atoms with E-state index >= 15 is 0 Å². The van der Waals surface area contributed by atoms with Crippen molar-refractivity contribution >= 4 is 38.5 Å². The first-order valence-corrected chi connectivity index (χ1v) is 12.2. The number of carbonyl (C=O) groups is 2. The first-order valence-electron chi connectivity index (χ1n) is 10.6. The molecule has 168 valence electrons. The van der Waals surface area contributed by atoms with Crippen LogP contribution in [0.15, 0.2) is 28.7 Å². The Labute approximate surface area is 181 Å². The Morgan fingerprint density at radius 3 is 2.45 bits per heavy atom. The molecule has 3 heterocycles. The molecule has 0 saturated carbocycles. The van der Waals surface area contributed by atoms with Gasteiger partial charge in [0.1, 0.15) is 11.3 Å². The van der Waals surface area contributed by atoms with Gasteiger partial charge in [-0.3, -0.25) is 9.59 Å². The van der Waals surface area contributed by atoms with Crippen LogP contribution in [0.3, 0.4) is 0 Å². The minimum absolute atomic E-state index is 0.0535. The summed E-state index contributed by atoms with van der Waals surface area (Å²) in [6, 6.07) is 7.20. The number of piperidine rings is 1. The predicted molar refractivity (Wildman–Crippen MR) is 115 cm³/mol. The molecule has 2 fully saturated rings. The second-order valence-electron chi connectivity index (χ2n) is 7.77. The van der Waals surface area contributed by atoms with Crippen molar-refractivity contribution in [3.05, 3.63) is 30.0 Å². The fourth-order valence-electron chi connectivity index (χ4n) is 4.03. The van der Waals surface area contributed by atoms with Crippen LogP contribution < -0.4 is 5.32 Å². The zero-order valence-corrected chi connectivity index (χ0v) is 18.3. The Balaban J connectivity index is 1.54. The van der Waals surface area contributed by atoms with E-state index in [9.17, 15) is 18.0 Å². The van der Waals surface area contributed by atoms with Gasteiger partial charge >= 0.3 is 0 Å². The van der Waals surface area contributed by atoms with Gasteiger partial charge in [-0.05, 0) is 31.9 Å². The number of carbonyl (C=O) groups excluding carboxylic acids is 2. The summed E-state index contributed by atoms with van der Waals surface area (Å²) in [6.07, 6.45) is 0.876. The molecule has 0 atom stereocenters. The maximum absolute atomic E-state index is 13.1. The van der Waals surface area contributed by atoms with Crippen LogP contribution in [0.2, 0.25) is 0 Å². The fraction of sp³-hybridized carbons (Fsp3) is 0.524. The summed E-state index contributed by atoms with van der Waals surface area (Å²) in [5.74, 6) is -0.668. The summed E-state index contributed by atoms with van der Waals surface area (Å²) < 4.78 is 36.7. The SMILES string of the molecule is CCS(=O)(=O)N1CCC(C(=O)Nc2c(C(=O)N3CCOCC3)oc3ccccc23)CC1. The van der Waals surface area contributed by atoms with Crippen molar-refractivity contribution in [2.75, 3.05) is 50.5 Å². The molecule has 0 aliphatic carbocycles. The number of nitrogens with one attached hydrogen (secondary N) is 1. The lowest BCUT2D eigenvalue weighted by Crippen LogP contribution is -2.42. The standard InChI is InChI=1S/C21H27N3O6S/c1-2-31(27,28)24-9-7-15(8-10-24)20(25)22-18-16-5-3-4-6-17(16)30-19(18)21(26)23-11-13-29-14-12-23/h3-6,15H,2,7-14H2,1H3,(H,22,25). The maximum atomic E-state index is 13.1. The van der Waals surface area contributed by atoms with Crippen LogP contribution in [0.25, 0.3) is 11.0 Å². The minimum atomic E-state index is -3.25. The Hall–Kier alpha value is -2.43. The zero-order valence-electron chi connectivity index (χ0n) is 17.5. The molecule has 1 N–H and O–H groups in total. The number of morpholine rings is 1. The number of sulfonamides is 1. The van der Waals surface area contributed by atoms with E-state index in [1.165, 1.54) is 4.31 Å². The normalized spacial score (nSPS) is 18.9. The zero-order chi connectivity index (χ0) is 22.0. The molecule has 0 spiro atoms. The van der Waals surface area contributed by atoms with Gasteiger partial charge < -0.3 is 19.4 Å². The molecule has 2 amide bonds. The van der Waals surface area contributed by atoms with Gasteiger partial charge in [-0.15, -0.1) is 0 Å². The molecule has 1 aromatic heterocycles. The number of furan rings is 1. The number of anilines is 1. The summed E-state index contributed by atoms with van der Waals surface area (Å²) in [7, 11) is -3.25. The highest BCUT2D eigenvalue weighted by Crippen LogP contribution is 2.33. The third-order valence-electron chi connectivity index (χ3n) is 5.92. The Morgan fingerprint density at radius 1 is 1.10 bits per heavy atom. The monoisotopic (exact) mass is 449 g/mol. The van der Waals surface area contributed by atoms with Gasteiger partial charge in [0.25, 0.3) is 5.91 Å². The third kappa shape index (κ3) is 4.46. The molecule has 0 radical (unpaired) electrons. The molecule has 4 rings (SSSR count). The van der Waals surface area contributed by atoms with Crippen LogP contribution >= 0.6 is 0 Å². The van der Waals surface area contributed by atoms with E-state index in [2.05, 4.69) is 5.32 Å². The van der Waals surface area contributed by atoms with Crippen molar-refractivity contribution < 1.29 is 27.2 Å². The number of amides is 2. The van der Waals surface area contributed by atoms with Crippen molar-refractivity contribution in [1.29, 1.82) is 0 Å². The van der Waals surface area contributed by atoms with E-state index in [0.29, 0.717) is 68.9 Å². The molecular weight excluding hydrogens is 422 g/mol. The summed E-state index contributed by atoms with van der Waals surface area (Å²) >= 11 is 0. The second kappa shape index (κ2) is 8.97. The molecule has 2 aliphatic heterocycles. The molecular formula is C21H27N3O6S. The number of rotatable bonds is 5. The first kappa shape index (κ1) is 21.8. The number of hydrogen-bond acceptors (Lipinski definition) is 6. The van der Waals surface area contributed by atoms with E-state index in [1.54, 1.807) is 24.0 Å². The van der Waals surface area contributed by atoms with E-state index < -0.39 is 10.0 Å². The van der Waals surface area contributed by atoms with Crippen molar-refractivity contribution in [2.45, 2.75) is 19.8 Å². The molecule has 9 nitrogen and oxygen atoms in total. The predicted octanol–water partition coefficient (Wildman–Crippen LogP) is 1.91. The van der Waals surface area contributed by atoms with E-state index in [4.69, 9.17) is 9.15 Å². The lowest BCUT2D eigenvalue weighted by Gasteiger charge is -2.30. The number of fused-ring (bicyclic) bond motifs is 1. The highest BCUT2D eigenvalue weighted by atomic mass is 32.2. The number of nitrogens with zero attached hydrogens (tertiary/aromatic N) is 2. The first-order chi connectivity index (χ1) is 14.9. The third-order valence-corrected chi connectivity index (χ3v) is 7.80. The van der Waals surface area contributed by atoms with Gasteiger partial charge in [0, 0.05) is 37.5 Å². The Bertz CT molecular complexity index is 1070. The summed E-state index contributed by atoms with van der Waals surface area (Å²) in [4.78, 5) is 27.8. The van der Waals surface area contributed by atoms with Gasteiger partial charge in [-0.2, -0.15) is 0 Å². The molecule has 2 aliphatic rings. The quantitative estimate of drug-likeness (QED) is 0.747. The molecule has 31 heavy (non-hydrogen) atoms. The fourth-order valence-corrected chi connectivity index (χ4v) is 5.17. The van der Waals surface area contributed by atoms with Gasteiger partial charge in [0.2, 0.25) is 21.7 Å². The maximum Gasteiger partial charge on any atom is 0.291 e. The molecule has 2 aromatic rings. The molecule has 0 bridgehead atoms. The number of ether oxygens (including phenoxy) is 1. The van der Waals surface area contributed by atoms with Crippen LogP contribution in [0.5, 0.6) is 0 Å². The summed E-state index contributed by atoms with van der Waals surface area (Å²) in [6.45, 7) is 4.12. The smallest absolute Gasteiger partial charge is 0.291 e. The van der Waals surface area contributed by atoms with E-state index in [1.807, 2.05) is 12.1 Å². The summed E-state index contributed by atoms with van der Waals surface area (Å²) in [5, 5.41) is 3.58. The lowest BCUT2D eigenvalue weighted by molar-refractivity contribution is -0.120. The van der Waals surface area contributed by atoms with Crippen LogP contribution in [-0.4, -0.2) is 74.6 Å². The van der Waals surface area contributed by atoms with Crippen molar-refractivity contribution in [3.8, 4) is 0 Å². The van der Waals surface area contributed by atoms with Crippen LogP contribution in [-0.2, 0) is 19.6 Å². The van der Waals surface area contributed by atoms with Crippen molar-refractivity contribution in [3.63, 3.8) is 0 Å². The number of hydrogen-bond donors (Lipinski definition) is 1. The topological polar surface area (TPSA) is 109 Å².